The van der Waals surface area contributed by atoms with Crippen LogP contribution in [0.25, 0.3) is 0 Å². The molecule has 1 amide bonds. The van der Waals surface area contributed by atoms with Crippen LogP contribution in [0.5, 0.6) is 0 Å². The van der Waals surface area contributed by atoms with Gasteiger partial charge in [0, 0.05) is 26.0 Å². The van der Waals surface area contributed by atoms with Gasteiger partial charge in [0.05, 0.1) is 18.6 Å². The van der Waals surface area contributed by atoms with Gasteiger partial charge in [-0.05, 0) is 19.1 Å². The molecule has 0 fully saturated rings. The molecular formula is C13H17N3O2S. The normalized spacial score (nSPS) is 10.6. The highest BCUT2D eigenvalue weighted by molar-refractivity contribution is 7.99. The van der Waals surface area contributed by atoms with E-state index in [2.05, 4.69) is 11.9 Å². The van der Waals surface area contributed by atoms with E-state index in [1.165, 1.54) is 11.8 Å². The molecule has 0 aliphatic rings. The number of thioether (sulfide) groups is 1. The van der Waals surface area contributed by atoms with Crippen LogP contribution in [0.15, 0.2) is 40.4 Å². The summed E-state index contributed by atoms with van der Waals surface area (Å²) < 4.78 is 7.24. The first kappa shape index (κ1) is 13.7. The second-order valence-corrected chi connectivity index (χ2v) is 5.06. The summed E-state index contributed by atoms with van der Waals surface area (Å²) in [4.78, 5) is 17.9. The predicted molar refractivity (Wildman–Crippen MR) is 73.8 cm³/mol. The first-order chi connectivity index (χ1) is 9.20. The number of nitrogens with zero attached hydrogens (tertiary/aromatic N) is 3. The molecule has 0 N–H and O–H groups in total. The average molecular weight is 279 g/mol. The van der Waals surface area contributed by atoms with E-state index in [4.69, 9.17) is 4.42 Å². The van der Waals surface area contributed by atoms with Crippen molar-refractivity contribution in [1.29, 1.82) is 0 Å². The number of imidazole rings is 1. The molecule has 2 heterocycles. The quantitative estimate of drug-likeness (QED) is 0.761. The van der Waals surface area contributed by atoms with Crippen molar-refractivity contribution in [3.63, 3.8) is 0 Å². The first-order valence-electron chi connectivity index (χ1n) is 6.11. The third-order valence-corrected chi connectivity index (χ3v) is 3.73. The van der Waals surface area contributed by atoms with E-state index in [0.29, 0.717) is 12.3 Å². The maximum atomic E-state index is 12.0. The SMILES string of the molecule is CCn1ccnc1SCC(=O)N(C)Cc1ccco1. The van der Waals surface area contributed by atoms with Crippen LogP contribution in [0, 0.1) is 0 Å². The van der Waals surface area contributed by atoms with Gasteiger partial charge in [0.1, 0.15) is 5.76 Å². The minimum atomic E-state index is 0.0621. The summed E-state index contributed by atoms with van der Waals surface area (Å²) in [6.45, 7) is 3.41. The van der Waals surface area contributed by atoms with Gasteiger partial charge in [0.25, 0.3) is 0 Å². The highest BCUT2D eigenvalue weighted by Gasteiger charge is 2.12. The molecule has 5 nitrogen and oxygen atoms in total. The fourth-order valence-corrected chi connectivity index (χ4v) is 2.60. The van der Waals surface area contributed by atoms with Crippen LogP contribution in [0.2, 0.25) is 0 Å². The summed E-state index contributed by atoms with van der Waals surface area (Å²) in [5.41, 5.74) is 0. The Morgan fingerprint density at radius 1 is 1.58 bits per heavy atom. The molecule has 19 heavy (non-hydrogen) atoms. The van der Waals surface area contributed by atoms with Crippen molar-refractivity contribution >= 4 is 17.7 Å². The number of carbonyl (C=O) groups excluding carboxylic acids is 1. The summed E-state index contributed by atoms with van der Waals surface area (Å²) >= 11 is 1.46. The zero-order chi connectivity index (χ0) is 13.7. The van der Waals surface area contributed by atoms with Crippen LogP contribution in [-0.4, -0.2) is 33.2 Å². The van der Waals surface area contributed by atoms with Gasteiger partial charge in [-0.25, -0.2) is 4.98 Å². The molecule has 0 aromatic carbocycles. The van der Waals surface area contributed by atoms with E-state index in [-0.39, 0.29) is 5.91 Å². The van der Waals surface area contributed by atoms with Gasteiger partial charge in [-0.1, -0.05) is 11.8 Å². The lowest BCUT2D eigenvalue weighted by Crippen LogP contribution is -2.27. The Kier molecular flexibility index (Phi) is 4.68. The van der Waals surface area contributed by atoms with Crippen molar-refractivity contribution in [3.05, 3.63) is 36.5 Å². The van der Waals surface area contributed by atoms with E-state index < -0.39 is 0 Å². The number of amides is 1. The van der Waals surface area contributed by atoms with E-state index in [0.717, 1.165) is 17.5 Å². The lowest BCUT2D eigenvalue weighted by molar-refractivity contribution is -0.127. The molecule has 0 saturated carbocycles. The van der Waals surface area contributed by atoms with E-state index >= 15 is 0 Å². The molecule has 6 heteroatoms. The molecule has 2 rings (SSSR count). The largest absolute Gasteiger partial charge is 0.467 e. The predicted octanol–water partition coefficient (Wildman–Crippen LogP) is 2.25. The van der Waals surface area contributed by atoms with Crippen molar-refractivity contribution in [1.82, 2.24) is 14.5 Å². The summed E-state index contributed by atoms with van der Waals surface area (Å²) in [6.07, 6.45) is 5.28. The summed E-state index contributed by atoms with van der Waals surface area (Å²) in [7, 11) is 1.78. The average Bonchev–Trinajstić information content (AvgIpc) is 3.06. The third-order valence-electron chi connectivity index (χ3n) is 2.74. The summed E-state index contributed by atoms with van der Waals surface area (Å²) in [5, 5.41) is 0.877. The van der Waals surface area contributed by atoms with Crippen molar-refractivity contribution in [3.8, 4) is 0 Å². The van der Waals surface area contributed by atoms with Gasteiger partial charge in [0.15, 0.2) is 5.16 Å². The number of hydrogen-bond donors (Lipinski definition) is 0. The number of carbonyl (C=O) groups is 1. The van der Waals surface area contributed by atoms with Gasteiger partial charge in [0.2, 0.25) is 5.91 Å². The topological polar surface area (TPSA) is 51.3 Å². The lowest BCUT2D eigenvalue weighted by atomic mass is 10.4. The third kappa shape index (κ3) is 3.64. The highest BCUT2D eigenvalue weighted by atomic mass is 32.2. The van der Waals surface area contributed by atoms with E-state index in [9.17, 15) is 4.79 Å². The molecule has 102 valence electrons. The van der Waals surface area contributed by atoms with Gasteiger partial charge < -0.3 is 13.9 Å². The first-order valence-corrected chi connectivity index (χ1v) is 7.09. The molecule has 0 unspecified atom stereocenters. The molecule has 0 aliphatic carbocycles. The minimum Gasteiger partial charge on any atom is -0.467 e. The second kappa shape index (κ2) is 6.47. The van der Waals surface area contributed by atoms with Crippen molar-refractivity contribution in [2.24, 2.45) is 0 Å². The Bertz CT molecular complexity index is 522. The maximum Gasteiger partial charge on any atom is 0.233 e. The van der Waals surface area contributed by atoms with Gasteiger partial charge in [-0.3, -0.25) is 4.79 Å². The molecule has 0 spiro atoms. The molecule has 0 atom stereocenters. The Balaban J connectivity index is 1.84. The lowest BCUT2D eigenvalue weighted by Gasteiger charge is -2.15. The number of hydrogen-bond acceptors (Lipinski definition) is 4. The molecule has 2 aromatic heterocycles. The summed E-state index contributed by atoms with van der Waals surface area (Å²) in [6, 6.07) is 3.68. The maximum absolute atomic E-state index is 12.0. The smallest absolute Gasteiger partial charge is 0.233 e. The Morgan fingerprint density at radius 3 is 3.11 bits per heavy atom. The monoisotopic (exact) mass is 279 g/mol. The van der Waals surface area contributed by atoms with Crippen LogP contribution in [0.4, 0.5) is 0 Å². The molecule has 0 radical (unpaired) electrons. The van der Waals surface area contributed by atoms with Gasteiger partial charge >= 0.3 is 0 Å². The Hall–Kier alpha value is -1.69. The van der Waals surface area contributed by atoms with Crippen LogP contribution in [0.3, 0.4) is 0 Å². The number of furan rings is 1. The standard InChI is InChI=1S/C13H17N3O2S/c1-3-16-7-6-14-13(16)19-10-12(17)15(2)9-11-5-4-8-18-11/h4-8H,3,9-10H2,1-2H3. The fourth-order valence-electron chi connectivity index (χ4n) is 1.64. The number of aryl methyl sites for hydroxylation is 1. The highest BCUT2D eigenvalue weighted by Crippen LogP contribution is 2.16. The fraction of sp³-hybridized carbons (Fsp3) is 0.385. The second-order valence-electron chi connectivity index (χ2n) is 4.11. The number of rotatable bonds is 6. The zero-order valence-electron chi connectivity index (χ0n) is 11.1. The Morgan fingerprint density at radius 2 is 2.42 bits per heavy atom. The summed E-state index contributed by atoms with van der Waals surface area (Å²) in [5.74, 6) is 1.23. The van der Waals surface area contributed by atoms with Crippen molar-refractivity contribution in [2.45, 2.75) is 25.2 Å². The van der Waals surface area contributed by atoms with Crippen LogP contribution in [0.1, 0.15) is 12.7 Å². The van der Waals surface area contributed by atoms with Gasteiger partial charge in [-0.2, -0.15) is 0 Å². The number of aromatic nitrogens is 2. The molecular weight excluding hydrogens is 262 g/mol. The van der Waals surface area contributed by atoms with E-state index in [1.807, 2.05) is 22.9 Å². The molecule has 0 bridgehead atoms. The van der Waals surface area contributed by atoms with Crippen LogP contribution in [-0.2, 0) is 17.9 Å². The molecule has 0 saturated heterocycles. The zero-order valence-corrected chi connectivity index (χ0v) is 11.9. The Labute approximate surface area is 116 Å². The van der Waals surface area contributed by atoms with Crippen LogP contribution < -0.4 is 0 Å². The molecule has 2 aromatic rings. The molecule has 0 aliphatic heterocycles. The van der Waals surface area contributed by atoms with Crippen molar-refractivity contribution in [2.75, 3.05) is 12.8 Å². The minimum absolute atomic E-state index is 0.0621. The van der Waals surface area contributed by atoms with Crippen molar-refractivity contribution < 1.29 is 9.21 Å². The van der Waals surface area contributed by atoms with Crippen LogP contribution >= 0.6 is 11.8 Å². The van der Waals surface area contributed by atoms with Gasteiger partial charge in [-0.15, -0.1) is 0 Å². The van der Waals surface area contributed by atoms with E-state index in [1.54, 1.807) is 24.4 Å².